The topological polar surface area (TPSA) is 121 Å². The SMILES string of the molecule is Cc1cc(C)c(S(=O)(=O)N2CCC(N(C)CC(=O)O)CC2)cc1[N+](=O)[O-]. The van der Waals surface area contributed by atoms with Gasteiger partial charge in [-0.05, 0) is 45.4 Å². The van der Waals surface area contributed by atoms with Gasteiger partial charge in [0.15, 0.2) is 0 Å². The number of piperidine rings is 1. The highest BCUT2D eigenvalue weighted by Crippen LogP contribution is 2.29. The van der Waals surface area contributed by atoms with Crippen LogP contribution in [-0.2, 0) is 14.8 Å². The first-order valence-electron chi connectivity index (χ1n) is 8.22. The third-order valence-electron chi connectivity index (χ3n) is 4.74. The summed E-state index contributed by atoms with van der Waals surface area (Å²) in [6.07, 6.45) is 1.02. The van der Waals surface area contributed by atoms with Crippen LogP contribution in [0.4, 0.5) is 5.69 Å². The Balaban J connectivity index is 2.21. The zero-order chi connectivity index (χ0) is 19.6. The molecule has 0 radical (unpaired) electrons. The van der Waals surface area contributed by atoms with E-state index in [-0.39, 0.29) is 36.3 Å². The Morgan fingerprint density at radius 1 is 1.31 bits per heavy atom. The summed E-state index contributed by atoms with van der Waals surface area (Å²) >= 11 is 0. The van der Waals surface area contributed by atoms with Crippen molar-refractivity contribution in [3.63, 3.8) is 0 Å². The summed E-state index contributed by atoms with van der Waals surface area (Å²) in [5.41, 5.74) is 0.670. The number of carboxylic acids is 1. The predicted octanol–water partition coefficient (Wildman–Crippen LogP) is 1.38. The molecule has 144 valence electrons. The molecule has 26 heavy (non-hydrogen) atoms. The van der Waals surface area contributed by atoms with Crippen molar-refractivity contribution in [1.29, 1.82) is 0 Å². The van der Waals surface area contributed by atoms with Gasteiger partial charge in [0.2, 0.25) is 10.0 Å². The molecule has 0 unspecified atom stereocenters. The Morgan fingerprint density at radius 3 is 2.38 bits per heavy atom. The zero-order valence-electron chi connectivity index (χ0n) is 15.0. The van der Waals surface area contributed by atoms with Gasteiger partial charge in [0.25, 0.3) is 5.69 Å². The average molecular weight is 385 g/mol. The lowest BCUT2D eigenvalue weighted by atomic mass is 10.1. The molecule has 0 aromatic heterocycles. The lowest BCUT2D eigenvalue weighted by Gasteiger charge is -2.35. The van der Waals surface area contributed by atoms with Crippen LogP contribution in [0.2, 0.25) is 0 Å². The van der Waals surface area contributed by atoms with E-state index in [9.17, 15) is 23.3 Å². The number of sulfonamides is 1. The summed E-state index contributed by atoms with van der Waals surface area (Å²) in [6.45, 7) is 3.60. The molecule has 1 aromatic rings. The van der Waals surface area contributed by atoms with E-state index >= 15 is 0 Å². The molecule has 0 amide bonds. The number of nitro benzene ring substituents is 1. The minimum Gasteiger partial charge on any atom is -0.480 e. The molecule has 10 heteroatoms. The molecule has 1 aliphatic rings. The quantitative estimate of drug-likeness (QED) is 0.580. The third kappa shape index (κ3) is 4.19. The molecule has 0 saturated carbocycles. The molecular weight excluding hydrogens is 362 g/mol. The Hall–Kier alpha value is -2.04. The first kappa shape index (κ1) is 20.3. The van der Waals surface area contributed by atoms with E-state index in [0.29, 0.717) is 24.0 Å². The molecule has 1 saturated heterocycles. The minimum atomic E-state index is -3.84. The Morgan fingerprint density at radius 2 is 1.88 bits per heavy atom. The number of aliphatic carboxylic acids is 1. The Bertz CT molecular complexity index is 816. The molecule has 9 nitrogen and oxygen atoms in total. The lowest BCUT2D eigenvalue weighted by Crippen LogP contribution is -2.46. The fraction of sp³-hybridized carbons (Fsp3) is 0.562. The van der Waals surface area contributed by atoms with Crippen molar-refractivity contribution in [2.45, 2.75) is 37.6 Å². The number of carbonyl (C=O) groups is 1. The van der Waals surface area contributed by atoms with Crippen molar-refractivity contribution in [3.8, 4) is 0 Å². The number of carboxylic acid groups (broad SMARTS) is 1. The van der Waals surface area contributed by atoms with Crippen LogP contribution < -0.4 is 0 Å². The van der Waals surface area contributed by atoms with Gasteiger partial charge in [0, 0.05) is 30.8 Å². The summed E-state index contributed by atoms with van der Waals surface area (Å²) in [4.78, 5) is 23.0. The van der Waals surface area contributed by atoms with Gasteiger partial charge in [-0.25, -0.2) is 8.42 Å². The molecule has 1 N–H and O–H groups in total. The largest absolute Gasteiger partial charge is 0.480 e. The van der Waals surface area contributed by atoms with E-state index in [1.807, 2.05) is 0 Å². The highest BCUT2D eigenvalue weighted by Gasteiger charge is 2.33. The van der Waals surface area contributed by atoms with Gasteiger partial charge >= 0.3 is 5.97 Å². The van der Waals surface area contributed by atoms with Gasteiger partial charge in [0.1, 0.15) is 0 Å². The summed E-state index contributed by atoms with van der Waals surface area (Å²) < 4.78 is 27.2. The molecule has 0 aliphatic carbocycles. The maximum Gasteiger partial charge on any atom is 0.317 e. The first-order valence-corrected chi connectivity index (χ1v) is 9.66. The van der Waals surface area contributed by atoms with Gasteiger partial charge in [-0.1, -0.05) is 0 Å². The van der Waals surface area contributed by atoms with Gasteiger partial charge in [-0.3, -0.25) is 19.8 Å². The van der Waals surface area contributed by atoms with Gasteiger partial charge in [-0.15, -0.1) is 0 Å². The molecule has 1 aliphatic heterocycles. The molecular formula is C16H23N3O6S. The Kier molecular flexibility index (Phi) is 5.99. The third-order valence-corrected chi connectivity index (χ3v) is 6.78. The van der Waals surface area contributed by atoms with Crippen molar-refractivity contribution < 1.29 is 23.2 Å². The van der Waals surface area contributed by atoms with Crippen LogP contribution in [0.15, 0.2) is 17.0 Å². The smallest absolute Gasteiger partial charge is 0.317 e. The van der Waals surface area contributed by atoms with Crippen molar-refractivity contribution >= 4 is 21.7 Å². The van der Waals surface area contributed by atoms with E-state index in [4.69, 9.17) is 5.11 Å². The van der Waals surface area contributed by atoms with E-state index in [1.54, 1.807) is 25.8 Å². The van der Waals surface area contributed by atoms with Crippen molar-refractivity contribution in [3.05, 3.63) is 33.4 Å². The van der Waals surface area contributed by atoms with Gasteiger partial charge in [0.05, 0.1) is 16.4 Å². The van der Waals surface area contributed by atoms with Crippen LogP contribution in [0.3, 0.4) is 0 Å². The normalized spacial score (nSPS) is 16.8. The second kappa shape index (κ2) is 7.68. The van der Waals surface area contributed by atoms with Crippen molar-refractivity contribution in [2.24, 2.45) is 0 Å². The summed E-state index contributed by atoms with van der Waals surface area (Å²) in [5, 5.41) is 20.0. The molecule has 0 atom stereocenters. The number of rotatable bonds is 6. The standard InChI is InChI=1S/C16H23N3O6S/c1-11-8-12(2)15(9-14(11)19(22)23)26(24,25)18-6-4-13(5-7-18)17(3)10-16(20)21/h8-9,13H,4-7,10H2,1-3H3,(H,20,21). The van der Waals surface area contributed by atoms with Crippen molar-refractivity contribution in [1.82, 2.24) is 9.21 Å². The number of aryl methyl sites for hydroxylation is 2. The van der Waals surface area contributed by atoms with E-state index < -0.39 is 20.9 Å². The second-order valence-corrected chi connectivity index (χ2v) is 8.51. The lowest BCUT2D eigenvalue weighted by molar-refractivity contribution is -0.385. The molecule has 0 bridgehead atoms. The second-order valence-electron chi connectivity index (χ2n) is 6.61. The van der Waals surface area contributed by atoms with E-state index in [0.717, 1.165) is 6.07 Å². The predicted molar refractivity (Wildman–Crippen MR) is 94.6 cm³/mol. The maximum absolute atomic E-state index is 12.9. The molecule has 0 spiro atoms. The zero-order valence-corrected chi connectivity index (χ0v) is 15.8. The van der Waals surface area contributed by atoms with E-state index in [2.05, 4.69) is 0 Å². The van der Waals surface area contributed by atoms with Crippen LogP contribution in [0.25, 0.3) is 0 Å². The van der Waals surface area contributed by atoms with Crippen LogP contribution in [-0.4, -0.2) is 66.3 Å². The molecule has 2 rings (SSSR count). The van der Waals surface area contributed by atoms with Crippen molar-refractivity contribution in [2.75, 3.05) is 26.7 Å². The number of hydrogen-bond donors (Lipinski definition) is 1. The van der Waals surface area contributed by atoms with Crippen LogP contribution in [0.1, 0.15) is 24.0 Å². The summed E-state index contributed by atoms with van der Waals surface area (Å²) in [6, 6.07) is 2.63. The van der Waals surface area contributed by atoms with Crippen LogP contribution in [0, 0.1) is 24.0 Å². The Labute approximate surface area is 152 Å². The first-order chi connectivity index (χ1) is 12.0. The van der Waals surface area contributed by atoms with Crippen LogP contribution in [0.5, 0.6) is 0 Å². The number of benzene rings is 1. The number of likely N-dealkylation sites (N-methyl/N-ethyl adjacent to an activating group) is 1. The highest BCUT2D eigenvalue weighted by molar-refractivity contribution is 7.89. The number of nitro groups is 1. The summed E-state index contributed by atoms with van der Waals surface area (Å²) in [5.74, 6) is -0.926. The van der Waals surface area contributed by atoms with E-state index in [1.165, 1.54) is 10.4 Å². The molecule has 1 aromatic carbocycles. The fourth-order valence-corrected chi connectivity index (χ4v) is 5.00. The van der Waals surface area contributed by atoms with Gasteiger partial charge in [-0.2, -0.15) is 4.31 Å². The minimum absolute atomic E-state index is 0.00833. The maximum atomic E-state index is 12.9. The summed E-state index contributed by atoms with van der Waals surface area (Å²) in [7, 11) is -2.14. The highest BCUT2D eigenvalue weighted by atomic mass is 32.2. The molecule has 1 fully saturated rings. The number of nitrogens with zero attached hydrogens (tertiary/aromatic N) is 3. The monoisotopic (exact) mass is 385 g/mol. The number of hydrogen-bond acceptors (Lipinski definition) is 6. The average Bonchev–Trinajstić information content (AvgIpc) is 2.53. The fourth-order valence-electron chi connectivity index (χ4n) is 3.30. The molecule has 1 heterocycles. The van der Waals surface area contributed by atoms with Crippen LogP contribution >= 0.6 is 0 Å². The van der Waals surface area contributed by atoms with Gasteiger partial charge < -0.3 is 5.11 Å².